The van der Waals surface area contributed by atoms with E-state index >= 15 is 0 Å². The molecule has 94 valence electrons. The van der Waals surface area contributed by atoms with Crippen LogP contribution in [0.25, 0.3) is 11.1 Å². The van der Waals surface area contributed by atoms with Crippen molar-refractivity contribution in [2.75, 3.05) is 0 Å². The number of hydrogen-bond donors (Lipinski definition) is 0. The first kappa shape index (κ1) is 12.9. The molecule has 0 aliphatic heterocycles. The van der Waals surface area contributed by atoms with E-state index in [4.69, 9.17) is 0 Å². The summed E-state index contributed by atoms with van der Waals surface area (Å²) in [4.78, 5) is 0. The van der Waals surface area contributed by atoms with Crippen molar-refractivity contribution in [3.63, 3.8) is 0 Å². The highest BCUT2D eigenvalue weighted by Gasteiger charge is 2.08. The van der Waals surface area contributed by atoms with Crippen LogP contribution in [0.4, 0.5) is 0 Å². The maximum Gasteiger partial charge on any atom is -0.0152 e. The van der Waals surface area contributed by atoms with Gasteiger partial charge in [-0.25, -0.2) is 0 Å². The summed E-state index contributed by atoms with van der Waals surface area (Å²) in [6.45, 7) is 13.2. The van der Waals surface area contributed by atoms with Gasteiger partial charge >= 0.3 is 0 Å². The number of benzene rings is 2. The van der Waals surface area contributed by atoms with Crippen molar-refractivity contribution in [3.8, 4) is 11.1 Å². The maximum absolute atomic E-state index is 2.30. The highest BCUT2D eigenvalue weighted by Crippen LogP contribution is 2.30. The first-order chi connectivity index (χ1) is 8.41. The number of rotatable bonds is 1. The molecule has 18 heavy (non-hydrogen) atoms. The fourth-order valence-corrected chi connectivity index (χ4v) is 2.46. The van der Waals surface area contributed by atoms with E-state index < -0.39 is 0 Å². The minimum absolute atomic E-state index is 1.34. The Balaban J connectivity index is 2.67. The summed E-state index contributed by atoms with van der Waals surface area (Å²) in [5.74, 6) is 0. The summed E-state index contributed by atoms with van der Waals surface area (Å²) in [6, 6.07) is 9.09. The SMILES string of the molecule is Cc1cc(-c2ccc(C)c(C)c2C)cc(C)c1C. The van der Waals surface area contributed by atoms with Crippen LogP contribution in [0.5, 0.6) is 0 Å². The summed E-state index contributed by atoms with van der Waals surface area (Å²) < 4.78 is 0. The first-order valence-electron chi connectivity index (χ1n) is 6.57. The van der Waals surface area contributed by atoms with Crippen molar-refractivity contribution in [1.29, 1.82) is 0 Å². The number of aryl methyl sites for hydroxylation is 3. The summed E-state index contributed by atoms with van der Waals surface area (Å²) in [7, 11) is 0. The van der Waals surface area contributed by atoms with Crippen molar-refractivity contribution in [2.45, 2.75) is 41.5 Å². The molecule has 0 aliphatic rings. The Kier molecular flexibility index (Phi) is 3.30. The van der Waals surface area contributed by atoms with Crippen molar-refractivity contribution in [1.82, 2.24) is 0 Å². The van der Waals surface area contributed by atoms with E-state index in [1.807, 2.05) is 0 Å². The molecule has 0 aromatic heterocycles. The molecule has 2 rings (SSSR count). The molecular weight excluding hydrogens is 216 g/mol. The lowest BCUT2D eigenvalue weighted by Crippen LogP contribution is -1.93. The van der Waals surface area contributed by atoms with Crippen LogP contribution in [0.2, 0.25) is 0 Å². The van der Waals surface area contributed by atoms with Crippen LogP contribution in [0.1, 0.15) is 33.4 Å². The summed E-state index contributed by atoms with van der Waals surface area (Å²) >= 11 is 0. The smallest absolute Gasteiger partial charge is 0.0152 e. The monoisotopic (exact) mass is 238 g/mol. The molecule has 0 saturated carbocycles. The summed E-state index contributed by atoms with van der Waals surface area (Å²) in [5.41, 5.74) is 11.0. The van der Waals surface area contributed by atoms with E-state index in [2.05, 4.69) is 65.8 Å². The molecule has 0 saturated heterocycles. The van der Waals surface area contributed by atoms with Crippen LogP contribution in [-0.2, 0) is 0 Å². The zero-order chi connectivity index (χ0) is 13.4. The zero-order valence-corrected chi connectivity index (χ0v) is 12.3. The number of hydrogen-bond acceptors (Lipinski definition) is 0. The van der Waals surface area contributed by atoms with Gasteiger partial charge in [0.2, 0.25) is 0 Å². The molecule has 0 N–H and O–H groups in total. The molecule has 0 unspecified atom stereocenters. The second kappa shape index (κ2) is 4.61. The van der Waals surface area contributed by atoms with Gasteiger partial charge in [0.1, 0.15) is 0 Å². The minimum Gasteiger partial charge on any atom is -0.0584 e. The van der Waals surface area contributed by atoms with Crippen molar-refractivity contribution >= 4 is 0 Å². The molecule has 2 aromatic rings. The van der Waals surface area contributed by atoms with Gasteiger partial charge in [0.25, 0.3) is 0 Å². The largest absolute Gasteiger partial charge is 0.0584 e. The second-order valence-electron chi connectivity index (χ2n) is 5.42. The van der Waals surface area contributed by atoms with E-state index in [1.165, 1.54) is 44.5 Å². The third-order valence-corrected chi connectivity index (χ3v) is 4.30. The highest BCUT2D eigenvalue weighted by atomic mass is 14.1. The normalized spacial score (nSPS) is 10.8. The Bertz CT molecular complexity index is 581. The van der Waals surface area contributed by atoms with Crippen LogP contribution in [0, 0.1) is 41.5 Å². The van der Waals surface area contributed by atoms with Gasteiger partial charge in [0, 0.05) is 0 Å². The quantitative estimate of drug-likeness (QED) is 0.640. The average Bonchev–Trinajstić information content (AvgIpc) is 2.33. The molecule has 0 spiro atoms. The van der Waals surface area contributed by atoms with Crippen LogP contribution < -0.4 is 0 Å². The van der Waals surface area contributed by atoms with Crippen molar-refractivity contribution < 1.29 is 0 Å². The van der Waals surface area contributed by atoms with Crippen LogP contribution in [-0.4, -0.2) is 0 Å². The topological polar surface area (TPSA) is 0 Å². The lowest BCUT2D eigenvalue weighted by molar-refractivity contribution is 1.24. The third kappa shape index (κ3) is 2.08. The predicted octanol–water partition coefficient (Wildman–Crippen LogP) is 5.20. The molecule has 0 radical (unpaired) electrons. The first-order valence-corrected chi connectivity index (χ1v) is 6.57. The molecule has 0 nitrogen and oxygen atoms in total. The molecule has 0 bridgehead atoms. The molecule has 2 aromatic carbocycles. The van der Waals surface area contributed by atoms with Gasteiger partial charge in [0.15, 0.2) is 0 Å². The van der Waals surface area contributed by atoms with Crippen LogP contribution in [0.15, 0.2) is 24.3 Å². The second-order valence-corrected chi connectivity index (χ2v) is 5.42. The van der Waals surface area contributed by atoms with Crippen LogP contribution in [0.3, 0.4) is 0 Å². The molecule has 0 heteroatoms. The lowest BCUT2D eigenvalue weighted by atomic mass is 9.91. The summed E-state index contributed by atoms with van der Waals surface area (Å²) in [5, 5.41) is 0. The Labute approximate surface area is 111 Å². The Hall–Kier alpha value is -1.56. The Morgan fingerprint density at radius 3 is 1.67 bits per heavy atom. The van der Waals surface area contributed by atoms with Crippen molar-refractivity contribution in [3.05, 3.63) is 57.6 Å². The fourth-order valence-electron chi connectivity index (χ4n) is 2.46. The zero-order valence-electron chi connectivity index (χ0n) is 12.3. The van der Waals surface area contributed by atoms with E-state index in [9.17, 15) is 0 Å². The standard InChI is InChI=1S/C18H22/c1-11-7-8-18(16(6)15(11)5)17-9-12(2)14(4)13(3)10-17/h7-10H,1-6H3. The summed E-state index contributed by atoms with van der Waals surface area (Å²) in [6.07, 6.45) is 0. The van der Waals surface area contributed by atoms with E-state index in [0.717, 1.165) is 0 Å². The van der Waals surface area contributed by atoms with Gasteiger partial charge in [-0.2, -0.15) is 0 Å². The van der Waals surface area contributed by atoms with E-state index in [0.29, 0.717) is 0 Å². The molecule has 0 aliphatic carbocycles. The van der Waals surface area contributed by atoms with E-state index in [-0.39, 0.29) is 0 Å². The predicted molar refractivity (Wildman–Crippen MR) is 80.3 cm³/mol. The average molecular weight is 238 g/mol. The molecule has 0 amide bonds. The van der Waals surface area contributed by atoms with Gasteiger partial charge < -0.3 is 0 Å². The Morgan fingerprint density at radius 2 is 1.11 bits per heavy atom. The van der Waals surface area contributed by atoms with Crippen molar-refractivity contribution in [2.24, 2.45) is 0 Å². The Morgan fingerprint density at radius 1 is 0.556 bits per heavy atom. The molecular formula is C18H22. The maximum atomic E-state index is 2.30. The van der Waals surface area contributed by atoms with Gasteiger partial charge in [0.05, 0.1) is 0 Å². The minimum atomic E-state index is 1.34. The van der Waals surface area contributed by atoms with E-state index in [1.54, 1.807) is 0 Å². The van der Waals surface area contributed by atoms with Gasteiger partial charge in [-0.1, -0.05) is 24.3 Å². The van der Waals surface area contributed by atoms with Gasteiger partial charge in [-0.05, 0) is 86.1 Å². The highest BCUT2D eigenvalue weighted by molar-refractivity contribution is 5.71. The van der Waals surface area contributed by atoms with Crippen LogP contribution >= 0.6 is 0 Å². The van der Waals surface area contributed by atoms with Gasteiger partial charge in [-0.3, -0.25) is 0 Å². The molecule has 0 fully saturated rings. The van der Waals surface area contributed by atoms with Gasteiger partial charge in [-0.15, -0.1) is 0 Å². The third-order valence-electron chi connectivity index (χ3n) is 4.30. The lowest BCUT2D eigenvalue weighted by Gasteiger charge is -2.14. The molecule has 0 heterocycles. The molecule has 0 atom stereocenters. The fraction of sp³-hybridized carbons (Fsp3) is 0.333.